The van der Waals surface area contributed by atoms with Gasteiger partial charge >= 0.3 is 6.03 Å². The Morgan fingerprint density at radius 2 is 1.74 bits per heavy atom. The second kappa shape index (κ2) is 9.80. The summed E-state index contributed by atoms with van der Waals surface area (Å²) >= 11 is 0. The van der Waals surface area contributed by atoms with Gasteiger partial charge in [0.25, 0.3) is 0 Å². The zero-order valence-electron chi connectivity index (χ0n) is 15.8. The molecule has 0 aliphatic carbocycles. The van der Waals surface area contributed by atoms with Crippen molar-refractivity contribution in [3.05, 3.63) is 48.5 Å². The first-order valence-corrected chi connectivity index (χ1v) is 8.59. The third-order valence-electron chi connectivity index (χ3n) is 3.95. The summed E-state index contributed by atoms with van der Waals surface area (Å²) in [5.41, 5.74) is -0.0378. The molecule has 2 aromatic carbocycles. The summed E-state index contributed by atoms with van der Waals surface area (Å²) < 4.78 is 16.2. The number of ether oxygens (including phenoxy) is 3. The van der Waals surface area contributed by atoms with Crippen molar-refractivity contribution in [3.8, 4) is 17.2 Å². The van der Waals surface area contributed by atoms with Crippen molar-refractivity contribution in [1.29, 1.82) is 0 Å². The van der Waals surface area contributed by atoms with E-state index in [1.807, 2.05) is 31.2 Å². The maximum absolute atomic E-state index is 12.2. The number of anilines is 1. The quantitative estimate of drug-likeness (QED) is 0.626. The second-order valence-corrected chi connectivity index (χ2v) is 6.32. The summed E-state index contributed by atoms with van der Waals surface area (Å²) in [5, 5.41) is 14.8. The summed E-state index contributed by atoms with van der Waals surface area (Å²) in [5.74, 6) is 1.87. The first kappa shape index (κ1) is 20.5. The SMILES string of the molecule is COCC(C)(CCO)NC(=O)Nc1ccc(Oc2ccccc2OC)cc1. The predicted molar refractivity (Wildman–Crippen MR) is 104 cm³/mol. The van der Waals surface area contributed by atoms with Crippen LogP contribution in [-0.2, 0) is 4.74 Å². The molecule has 0 saturated carbocycles. The van der Waals surface area contributed by atoms with E-state index in [0.29, 0.717) is 36.0 Å². The van der Waals surface area contributed by atoms with Crippen LogP contribution in [0.1, 0.15) is 13.3 Å². The lowest BCUT2D eigenvalue weighted by atomic mass is 10.00. The molecule has 2 rings (SSSR count). The average molecular weight is 374 g/mol. The number of urea groups is 1. The number of aliphatic hydroxyl groups is 1. The number of nitrogens with one attached hydrogen (secondary N) is 2. The van der Waals surface area contributed by atoms with Gasteiger partial charge in [0.05, 0.1) is 19.3 Å². The van der Waals surface area contributed by atoms with Crippen LogP contribution in [0, 0.1) is 0 Å². The van der Waals surface area contributed by atoms with Crippen LogP contribution in [-0.4, -0.2) is 44.1 Å². The molecule has 0 radical (unpaired) electrons. The molecule has 0 heterocycles. The Hall–Kier alpha value is -2.77. The molecule has 7 heteroatoms. The van der Waals surface area contributed by atoms with Gasteiger partial charge in [-0.15, -0.1) is 0 Å². The maximum atomic E-state index is 12.2. The largest absolute Gasteiger partial charge is 0.493 e. The van der Waals surface area contributed by atoms with Crippen LogP contribution in [0.2, 0.25) is 0 Å². The normalized spacial score (nSPS) is 12.7. The van der Waals surface area contributed by atoms with Gasteiger partial charge in [-0.2, -0.15) is 0 Å². The summed E-state index contributed by atoms with van der Waals surface area (Å²) in [4.78, 5) is 12.2. The number of carbonyl (C=O) groups excluding carboxylic acids is 1. The number of hydrogen-bond donors (Lipinski definition) is 3. The van der Waals surface area contributed by atoms with E-state index >= 15 is 0 Å². The molecule has 0 spiro atoms. The van der Waals surface area contributed by atoms with Gasteiger partial charge in [-0.05, 0) is 49.7 Å². The van der Waals surface area contributed by atoms with Crippen LogP contribution >= 0.6 is 0 Å². The molecule has 1 unspecified atom stereocenters. The van der Waals surface area contributed by atoms with Crippen molar-refractivity contribution in [1.82, 2.24) is 5.32 Å². The van der Waals surface area contributed by atoms with Crippen molar-refractivity contribution in [3.63, 3.8) is 0 Å². The first-order valence-electron chi connectivity index (χ1n) is 8.59. The van der Waals surface area contributed by atoms with E-state index in [4.69, 9.17) is 14.2 Å². The number of para-hydroxylation sites is 2. The molecule has 27 heavy (non-hydrogen) atoms. The Kier molecular flexibility index (Phi) is 7.45. The van der Waals surface area contributed by atoms with E-state index in [0.717, 1.165) is 0 Å². The van der Waals surface area contributed by atoms with Gasteiger partial charge in [-0.25, -0.2) is 4.79 Å². The first-order chi connectivity index (χ1) is 13.0. The standard InChI is InChI=1S/C20H26N2O5/c1-20(12-13-23,14-25-2)22-19(24)21-15-8-10-16(11-9-15)27-18-7-5-4-6-17(18)26-3/h4-11,23H,12-14H2,1-3H3,(H2,21,22,24). The van der Waals surface area contributed by atoms with Crippen molar-refractivity contribution in [2.24, 2.45) is 0 Å². The fourth-order valence-corrected chi connectivity index (χ4v) is 2.61. The second-order valence-electron chi connectivity index (χ2n) is 6.32. The van der Waals surface area contributed by atoms with Gasteiger partial charge in [-0.3, -0.25) is 0 Å². The molecular formula is C20H26N2O5. The van der Waals surface area contributed by atoms with Crippen LogP contribution in [0.25, 0.3) is 0 Å². The monoisotopic (exact) mass is 374 g/mol. The number of rotatable bonds is 9. The van der Waals surface area contributed by atoms with E-state index in [9.17, 15) is 9.90 Å². The van der Waals surface area contributed by atoms with Crippen LogP contribution < -0.4 is 20.1 Å². The average Bonchev–Trinajstić information content (AvgIpc) is 2.64. The van der Waals surface area contributed by atoms with E-state index in [-0.39, 0.29) is 12.6 Å². The van der Waals surface area contributed by atoms with Crippen LogP contribution in [0.15, 0.2) is 48.5 Å². The fraction of sp³-hybridized carbons (Fsp3) is 0.350. The molecular weight excluding hydrogens is 348 g/mol. The summed E-state index contributed by atoms with van der Waals surface area (Å²) in [6.45, 7) is 2.07. The number of carbonyl (C=O) groups is 1. The molecule has 2 amide bonds. The minimum atomic E-state index is -0.652. The number of benzene rings is 2. The molecule has 0 saturated heterocycles. The van der Waals surface area contributed by atoms with Gasteiger partial charge in [0.1, 0.15) is 5.75 Å². The molecule has 0 fully saturated rings. The van der Waals surface area contributed by atoms with Gasteiger partial charge in [0.2, 0.25) is 0 Å². The van der Waals surface area contributed by atoms with Crippen LogP contribution in [0.3, 0.4) is 0 Å². The highest BCUT2D eigenvalue weighted by Crippen LogP contribution is 2.31. The third kappa shape index (κ3) is 6.16. The zero-order valence-corrected chi connectivity index (χ0v) is 15.8. The van der Waals surface area contributed by atoms with Crippen molar-refractivity contribution in [2.45, 2.75) is 18.9 Å². The van der Waals surface area contributed by atoms with Crippen molar-refractivity contribution < 1.29 is 24.1 Å². The maximum Gasteiger partial charge on any atom is 0.319 e. The van der Waals surface area contributed by atoms with Crippen LogP contribution in [0.4, 0.5) is 10.5 Å². The summed E-state index contributed by atoms with van der Waals surface area (Å²) in [6.07, 6.45) is 0.389. The Labute approximate surface area is 159 Å². The highest BCUT2D eigenvalue weighted by Gasteiger charge is 2.25. The van der Waals surface area contributed by atoms with Crippen molar-refractivity contribution >= 4 is 11.7 Å². The molecule has 0 aliphatic rings. The molecule has 3 N–H and O–H groups in total. The number of aliphatic hydroxyl groups excluding tert-OH is 1. The van der Waals surface area contributed by atoms with E-state index in [2.05, 4.69) is 10.6 Å². The highest BCUT2D eigenvalue weighted by molar-refractivity contribution is 5.89. The van der Waals surface area contributed by atoms with E-state index in [1.165, 1.54) is 0 Å². The van der Waals surface area contributed by atoms with Crippen LogP contribution in [0.5, 0.6) is 17.2 Å². The molecule has 146 valence electrons. The third-order valence-corrected chi connectivity index (χ3v) is 3.95. The number of methoxy groups -OCH3 is 2. The fourth-order valence-electron chi connectivity index (χ4n) is 2.61. The molecule has 0 bridgehead atoms. The summed E-state index contributed by atoms with van der Waals surface area (Å²) in [6, 6.07) is 14.0. The minimum Gasteiger partial charge on any atom is -0.493 e. The predicted octanol–water partition coefficient (Wildman–Crippen LogP) is 3.40. The molecule has 0 aromatic heterocycles. The van der Waals surface area contributed by atoms with E-state index in [1.54, 1.807) is 38.5 Å². The van der Waals surface area contributed by atoms with Gasteiger partial charge in [0, 0.05) is 19.4 Å². The Morgan fingerprint density at radius 3 is 2.33 bits per heavy atom. The minimum absolute atomic E-state index is 0.0465. The Morgan fingerprint density at radius 1 is 1.07 bits per heavy atom. The lowest BCUT2D eigenvalue weighted by Gasteiger charge is -2.29. The topological polar surface area (TPSA) is 89.1 Å². The lowest BCUT2D eigenvalue weighted by Crippen LogP contribution is -2.51. The van der Waals surface area contributed by atoms with Crippen molar-refractivity contribution in [2.75, 3.05) is 32.8 Å². The van der Waals surface area contributed by atoms with Gasteiger partial charge in [-0.1, -0.05) is 12.1 Å². The summed E-state index contributed by atoms with van der Waals surface area (Å²) in [7, 11) is 3.14. The van der Waals surface area contributed by atoms with Gasteiger partial charge in [0.15, 0.2) is 11.5 Å². The number of amides is 2. The number of hydrogen-bond acceptors (Lipinski definition) is 5. The molecule has 7 nitrogen and oxygen atoms in total. The smallest absolute Gasteiger partial charge is 0.319 e. The van der Waals surface area contributed by atoms with E-state index < -0.39 is 5.54 Å². The molecule has 0 aliphatic heterocycles. The van der Waals surface area contributed by atoms with Gasteiger partial charge < -0.3 is 30.0 Å². The molecule has 2 aromatic rings. The lowest BCUT2D eigenvalue weighted by molar-refractivity contribution is 0.104. The Bertz CT molecular complexity index is 727. The molecule has 1 atom stereocenters. The zero-order chi connectivity index (χ0) is 19.7. The highest BCUT2D eigenvalue weighted by atomic mass is 16.5. The Balaban J connectivity index is 1.97.